The Morgan fingerprint density at radius 3 is 2.00 bits per heavy atom. The molecule has 1 aliphatic heterocycles. The van der Waals surface area contributed by atoms with Gasteiger partial charge in [-0.3, -0.25) is 19.9 Å². The molecule has 0 saturated carbocycles. The van der Waals surface area contributed by atoms with E-state index in [-0.39, 0.29) is 16.4 Å². The number of piperazine rings is 1. The molecule has 1 saturated heterocycles. The fourth-order valence-electron chi connectivity index (χ4n) is 3.03. The lowest BCUT2D eigenvalue weighted by Gasteiger charge is -2.34. The maximum absolute atomic E-state index is 13.2. The van der Waals surface area contributed by atoms with E-state index in [0.717, 1.165) is 50.4 Å². The highest BCUT2D eigenvalue weighted by Crippen LogP contribution is 2.16. The molecule has 0 aromatic heterocycles. The Balaban J connectivity index is 1.52. The first-order chi connectivity index (χ1) is 11.6. The van der Waals surface area contributed by atoms with E-state index < -0.39 is 0 Å². The number of benzene rings is 2. The number of nitro benzene ring substituents is 1. The monoisotopic (exact) mass is 329 g/mol. The van der Waals surface area contributed by atoms with Crippen LogP contribution in [-0.2, 0) is 13.1 Å². The summed E-state index contributed by atoms with van der Waals surface area (Å²) < 4.78 is 13.2. The maximum atomic E-state index is 13.2. The van der Waals surface area contributed by atoms with Crippen molar-refractivity contribution in [2.45, 2.75) is 13.1 Å². The molecular weight excluding hydrogens is 309 g/mol. The average Bonchev–Trinajstić information content (AvgIpc) is 2.57. The molecule has 0 amide bonds. The first-order valence-electron chi connectivity index (χ1n) is 8.02. The van der Waals surface area contributed by atoms with E-state index in [0.29, 0.717) is 0 Å². The van der Waals surface area contributed by atoms with Crippen LogP contribution in [0.2, 0.25) is 0 Å². The smallest absolute Gasteiger partial charge is 0.269 e. The number of non-ortho nitro benzene ring substituents is 1. The Labute approximate surface area is 140 Å². The Bertz CT molecular complexity index is 715. The number of hydrogen-bond acceptors (Lipinski definition) is 4. The van der Waals surface area contributed by atoms with Gasteiger partial charge in [-0.25, -0.2) is 4.39 Å². The van der Waals surface area contributed by atoms with Crippen LogP contribution in [0, 0.1) is 15.9 Å². The summed E-state index contributed by atoms with van der Waals surface area (Å²) in [6, 6.07) is 13.5. The number of rotatable bonds is 5. The molecule has 5 nitrogen and oxygen atoms in total. The average molecular weight is 329 g/mol. The van der Waals surface area contributed by atoms with Crippen LogP contribution in [0.25, 0.3) is 0 Å². The third-order valence-electron chi connectivity index (χ3n) is 4.29. The molecule has 0 radical (unpaired) electrons. The topological polar surface area (TPSA) is 49.6 Å². The molecule has 2 aromatic rings. The van der Waals surface area contributed by atoms with E-state index in [1.807, 2.05) is 12.1 Å². The molecule has 1 aliphatic rings. The highest BCUT2D eigenvalue weighted by Gasteiger charge is 2.18. The Kier molecular flexibility index (Phi) is 5.17. The second kappa shape index (κ2) is 7.51. The first-order valence-corrected chi connectivity index (χ1v) is 8.02. The van der Waals surface area contributed by atoms with Gasteiger partial charge >= 0.3 is 0 Å². The lowest BCUT2D eigenvalue weighted by atomic mass is 10.1. The van der Waals surface area contributed by atoms with E-state index in [1.54, 1.807) is 24.3 Å². The Morgan fingerprint density at radius 2 is 1.46 bits per heavy atom. The minimum atomic E-state index is -0.361. The molecule has 0 aliphatic carbocycles. The molecule has 24 heavy (non-hydrogen) atoms. The van der Waals surface area contributed by atoms with Gasteiger partial charge in [-0.1, -0.05) is 24.3 Å². The molecule has 0 N–H and O–H groups in total. The summed E-state index contributed by atoms with van der Waals surface area (Å²) in [5.41, 5.74) is 2.09. The molecule has 0 spiro atoms. The van der Waals surface area contributed by atoms with Gasteiger partial charge in [0.25, 0.3) is 5.69 Å². The largest absolute Gasteiger partial charge is 0.297 e. The van der Waals surface area contributed by atoms with Crippen LogP contribution in [-0.4, -0.2) is 40.9 Å². The molecular formula is C18H20FN3O2. The van der Waals surface area contributed by atoms with Gasteiger partial charge in [-0.05, 0) is 23.3 Å². The van der Waals surface area contributed by atoms with Gasteiger partial charge in [-0.15, -0.1) is 0 Å². The van der Waals surface area contributed by atoms with E-state index in [2.05, 4.69) is 9.80 Å². The molecule has 2 aromatic carbocycles. The van der Waals surface area contributed by atoms with Crippen molar-refractivity contribution in [3.05, 3.63) is 75.6 Å². The van der Waals surface area contributed by atoms with Crippen LogP contribution in [0.1, 0.15) is 11.1 Å². The van der Waals surface area contributed by atoms with Crippen molar-refractivity contribution in [2.75, 3.05) is 26.2 Å². The summed E-state index contributed by atoms with van der Waals surface area (Å²) in [5, 5.41) is 10.8. The van der Waals surface area contributed by atoms with Crippen molar-refractivity contribution < 1.29 is 9.31 Å². The third kappa shape index (κ3) is 4.37. The fraction of sp³-hybridized carbons (Fsp3) is 0.333. The lowest BCUT2D eigenvalue weighted by molar-refractivity contribution is -0.384. The predicted molar refractivity (Wildman–Crippen MR) is 90.1 cm³/mol. The first kappa shape index (κ1) is 16.5. The maximum Gasteiger partial charge on any atom is 0.269 e. The predicted octanol–water partition coefficient (Wildman–Crippen LogP) is 3.05. The zero-order valence-electron chi connectivity index (χ0n) is 13.4. The van der Waals surface area contributed by atoms with Crippen molar-refractivity contribution in [3.8, 4) is 0 Å². The van der Waals surface area contributed by atoms with Crippen LogP contribution >= 0.6 is 0 Å². The van der Waals surface area contributed by atoms with Crippen molar-refractivity contribution in [3.63, 3.8) is 0 Å². The van der Waals surface area contributed by atoms with Crippen molar-refractivity contribution >= 4 is 5.69 Å². The molecule has 6 heteroatoms. The van der Waals surface area contributed by atoms with E-state index >= 15 is 0 Å². The minimum absolute atomic E-state index is 0.136. The summed E-state index contributed by atoms with van der Waals surface area (Å²) in [7, 11) is 0. The Hall–Kier alpha value is -2.31. The van der Waals surface area contributed by atoms with Gasteiger partial charge in [0.15, 0.2) is 0 Å². The van der Waals surface area contributed by atoms with Crippen LogP contribution in [0.4, 0.5) is 10.1 Å². The van der Waals surface area contributed by atoms with Gasteiger partial charge in [0, 0.05) is 51.4 Å². The van der Waals surface area contributed by atoms with Crippen molar-refractivity contribution in [1.29, 1.82) is 0 Å². The van der Waals surface area contributed by atoms with Crippen LogP contribution in [0.15, 0.2) is 48.5 Å². The van der Waals surface area contributed by atoms with Crippen LogP contribution in [0.3, 0.4) is 0 Å². The standard InChI is InChI=1S/C18H20FN3O2/c19-17-5-1-3-15(11-17)13-20-7-9-21(10-8-20)14-16-4-2-6-18(12-16)22(23)24/h1-6,11-12H,7-10,13-14H2. The zero-order chi connectivity index (χ0) is 16.9. The number of nitro groups is 1. The summed E-state index contributed by atoms with van der Waals surface area (Å²) >= 11 is 0. The number of hydrogen-bond donors (Lipinski definition) is 0. The zero-order valence-corrected chi connectivity index (χ0v) is 13.4. The summed E-state index contributed by atoms with van der Waals surface area (Å²) in [6.07, 6.45) is 0. The molecule has 0 atom stereocenters. The molecule has 126 valence electrons. The van der Waals surface area contributed by atoms with Crippen molar-refractivity contribution in [2.24, 2.45) is 0 Å². The second-order valence-electron chi connectivity index (χ2n) is 6.11. The normalized spacial score (nSPS) is 16.2. The quantitative estimate of drug-likeness (QED) is 0.625. The summed E-state index contributed by atoms with van der Waals surface area (Å²) in [4.78, 5) is 15.1. The third-order valence-corrected chi connectivity index (χ3v) is 4.29. The van der Waals surface area contributed by atoms with Gasteiger partial charge in [0.1, 0.15) is 5.82 Å². The molecule has 0 unspecified atom stereocenters. The number of halogens is 1. The minimum Gasteiger partial charge on any atom is -0.297 e. The fourth-order valence-corrected chi connectivity index (χ4v) is 3.03. The molecule has 0 bridgehead atoms. The second-order valence-corrected chi connectivity index (χ2v) is 6.11. The van der Waals surface area contributed by atoms with Gasteiger partial charge in [0.2, 0.25) is 0 Å². The highest BCUT2D eigenvalue weighted by molar-refractivity contribution is 5.34. The SMILES string of the molecule is O=[N+]([O-])c1cccc(CN2CCN(Cc3cccc(F)c3)CC2)c1. The molecule has 1 fully saturated rings. The molecule has 1 heterocycles. The highest BCUT2D eigenvalue weighted by atomic mass is 19.1. The van der Waals surface area contributed by atoms with E-state index in [4.69, 9.17) is 0 Å². The lowest BCUT2D eigenvalue weighted by Crippen LogP contribution is -2.45. The van der Waals surface area contributed by atoms with E-state index in [9.17, 15) is 14.5 Å². The van der Waals surface area contributed by atoms with Gasteiger partial charge in [0.05, 0.1) is 4.92 Å². The summed E-state index contributed by atoms with van der Waals surface area (Å²) in [5.74, 6) is -0.197. The van der Waals surface area contributed by atoms with Crippen LogP contribution in [0.5, 0.6) is 0 Å². The Morgan fingerprint density at radius 1 is 0.917 bits per heavy atom. The van der Waals surface area contributed by atoms with E-state index in [1.165, 1.54) is 12.1 Å². The molecule has 3 rings (SSSR count). The van der Waals surface area contributed by atoms with Gasteiger partial charge in [-0.2, -0.15) is 0 Å². The van der Waals surface area contributed by atoms with Gasteiger partial charge < -0.3 is 0 Å². The summed E-state index contributed by atoms with van der Waals surface area (Å²) in [6.45, 7) is 5.09. The van der Waals surface area contributed by atoms with Crippen LogP contribution < -0.4 is 0 Å². The number of nitrogens with zero attached hydrogens (tertiary/aromatic N) is 3. The van der Waals surface area contributed by atoms with Crippen molar-refractivity contribution in [1.82, 2.24) is 9.80 Å².